The molecule has 1 aliphatic heterocycles. The minimum absolute atomic E-state index is 0.0849. The van der Waals surface area contributed by atoms with Gasteiger partial charge in [-0.1, -0.05) is 20.3 Å². The van der Waals surface area contributed by atoms with Gasteiger partial charge in [-0.3, -0.25) is 4.79 Å². The van der Waals surface area contributed by atoms with Crippen LogP contribution in [0, 0.1) is 0 Å². The van der Waals surface area contributed by atoms with Crippen LogP contribution in [0.2, 0.25) is 0 Å². The lowest BCUT2D eigenvalue weighted by Crippen LogP contribution is -2.43. The van der Waals surface area contributed by atoms with Gasteiger partial charge in [0.05, 0.1) is 11.9 Å². The van der Waals surface area contributed by atoms with Crippen molar-refractivity contribution in [2.24, 2.45) is 0 Å². The summed E-state index contributed by atoms with van der Waals surface area (Å²) in [6, 6.07) is 4.19. The van der Waals surface area contributed by atoms with Crippen LogP contribution in [0.1, 0.15) is 62.9 Å². The van der Waals surface area contributed by atoms with Gasteiger partial charge in [0.25, 0.3) is 5.91 Å². The fourth-order valence-corrected chi connectivity index (χ4v) is 2.87. The van der Waals surface area contributed by atoms with Gasteiger partial charge in [-0.15, -0.1) is 0 Å². The van der Waals surface area contributed by atoms with Gasteiger partial charge < -0.3 is 10.2 Å². The third kappa shape index (κ3) is 4.19. The lowest BCUT2D eigenvalue weighted by atomic mass is 9.99. The van der Waals surface area contributed by atoms with Gasteiger partial charge in [0.1, 0.15) is 5.69 Å². The number of nitrogens with one attached hydrogen (secondary N) is 1. The molecule has 116 valence electrons. The molecular weight excluding hydrogens is 262 g/mol. The van der Waals surface area contributed by atoms with Gasteiger partial charge in [-0.2, -0.15) is 0 Å². The molecule has 1 atom stereocenters. The molecular formula is C17H27N3O. The largest absolute Gasteiger partial charge is 0.384 e. The average molecular weight is 289 g/mol. The highest BCUT2D eigenvalue weighted by atomic mass is 16.2. The van der Waals surface area contributed by atoms with Crippen LogP contribution in [0.4, 0.5) is 5.69 Å². The predicted molar refractivity (Wildman–Crippen MR) is 86.6 cm³/mol. The van der Waals surface area contributed by atoms with E-state index in [0.29, 0.717) is 11.7 Å². The number of pyridine rings is 1. The van der Waals surface area contributed by atoms with E-state index in [1.165, 1.54) is 12.8 Å². The van der Waals surface area contributed by atoms with Crippen molar-refractivity contribution in [1.82, 2.24) is 9.88 Å². The molecule has 1 unspecified atom stereocenters. The van der Waals surface area contributed by atoms with Crippen molar-refractivity contribution < 1.29 is 4.79 Å². The number of anilines is 1. The van der Waals surface area contributed by atoms with Crippen molar-refractivity contribution in [1.29, 1.82) is 0 Å². The van der Waals surface area contributed by atoms with Crippen LogP contribution in [0.5, 0.6) is 0 Å². The van der Waals surface area contributed by atoms with Crippen molar-refractivity contribution >= 4 is 11.6 Å². The van der Waals surface area contributed by atoms with Crippen LogP contribution in [0.25, 0.3) is 0 Å². The summed E-state index contributed by atoms with van der Waals surface area (Å²) in [5.74, 6) is 0.0849. The van der Waals surface area contributed by atoms with Crippen molar-refractivity contribution in [2.75, 3.05) is 18.4 Å². The van der Waals surface area contributed by atoms with Gasteiger partial charge in [0.2, 0.25) is 0 Å². The van der Waals surface area contributed by atoms with Crippen LogP contribution in [-0.2, 0) is 0 Å². The molecule has 0 spiro atoms. The van der Waals surface area contributed by atoms with E-state index in [9.17, 15) is 4.79 Å². The number of hydrogen-bond donors (Lipinski definition) is 1. The highest BCUT2D eigenvalue weighted by Gasteiger charge is 2.26. The standard InChI is InChI=1S/C17H27N3O/c1-3-5-11-18-14-9-10-16(19-13-14)17(21)20-12-7-6-8-15(20)4-2/h9-10,13,15,18H,3-8,11-12H2,1-2H3. The zero-order valence-corrected chi connectivity index (χ0v) is 13.3. The molecule has 1 fully saturated rings. The fourth-order valence-electron chi connectivity index (χ4n) is 2.87. The Bertz CT molecular complexity index is 444. The molecule has 1 N–H and O–H groups in total. The predicted octanol–water partition coefficient (Wildman–Crippen LogP) is 3.70. The van der Waals surface area contributed by atoms with E-state index < -0.39 is 0 Å². The number of unbranched alkanes of at least 4 members (excludes halogenated alkanes) is 1. The first-order valence-electron chi connectivity index (χ1n) is 8.27. The molecule has 1 aromatic heterocycles. The molecule has 1 amide bonds. The SMILES string of the molecule is CCCCNc1ccc(C(=O)N2CCCCC2CC)nc1. The zero-order chi connectivity index (χ0) is 15.1. The van der Waals surface area contributed by atoms with Gasteiger partial charge in [-0.05, 0) is 44.2 Å². The maximum Gasteiger partial charge on any atom is 0.272 e. The molecule has 0 radical (unpaired) electrons. The van der Waals surface area contributed by atoms with Crippen LogP contribution in [0.15, 0.2) is 18.3 Å². The number of aromatic nitrogens is 1. The maximum atomic E-state index is 12.6. The van der Waals surface area contributed by atoms with Crippen LogP contribution in [0.3, 0.4) is 0 Å². The van der Waals surface area contributed by atoms with E-state index in [2.05, 4.69) is 24.1 Å². The number of piperidine rings is 1. The minimum atomic E-state index is 0.0849. The summed E-state index contributed by atoms with van der Waals surface area (Å²) in [5, 5.41) is 3.32. The third-order valence-electron chi connectivity index (χ3n) is 4.20. The fraction of sp³-hybridized carbons (Fsp3) is 0.647. The van der Waals surface area contributed by atoms with E-state index in [4.69, 9.17) is 0 Å². The average Bonchev–Trinajstić information content (AvgIpc) is 2.55. The highest BCUT2D eigenvalue weighted by molar-refractivity contribution is 5.92. The van der Waals surface area contributed by atoms with E-state index in [0.717, 1.165) is 44.5 Å². The van der Waals surface area contributed by atoms with Gasteiger partial charge in [0, 0.05) is 19.1 Å². The van der Waals surface area contributed by atoms with E-state index >= 15 is 0 Å². The molecule has 1 aromatic rings. The molecule has 4 nitrogen and oxygen atoms in total. The quantitative estimate of drug-likeness (QED) is 0.812. The van der Waals surface area contributed by atoms with Gasteiger partial charge in [-0.25, -0.2) is 4.98 Å². The molecule has 0 saturated carbocycles. The summed E-state index contributed by atoms with van der Waals surface area (Å²) >= 11 is 0. The van der Waals surface area contributed by atoms with Crippen LogP contribution < -0.4 is 5.32 Å². The Morgan fingerprint density at radius 3 is 2.90 bits per heavy atom. The molecule has 0 bridgehead atoms. The normalized spacial score (nSPS) is 18.6. The summed E-state index contributed by atoms with van der Waals surface area (Å²) in [6.07, 6.45) is 8.58. The van der Waals surface area contributed by atoms with Crippen molar-refractivity contribution in [3.05, 3.63) is 24.0 Å². The molecule has 4 heteroatoms. The molecule has 1 aliphatic rings. The minimum Gasteiger partial charge on any atom is -0.384 e. The lowest BCUT2D eigenvalue weighted by Gasteiger charge is -2.35. The first-order chi connectivity index (χ1) is 10.3. The lowest BCUT2D eigenvalue weighted by molar-refractivity contribution is 0.0602. The first-order valence-corrected chi connectivity index (χ1v) is 8.27. The highest BCUT2D eigenvalue weighted by Crippen LogP contribution is 2.21. The first kappa shape index (κ1) is 15.8. The molecule has 1 saturated heterocycles. The number of amides is 1. The molecule has 2 rings (SSSR count). The Hall–Kier alpha value is -1.58. The number of carbonyl (C=O) groups is 1. The molecule has 0 aliphatic carbocycles. The topological polar surface area (TPSA) is 45.2 Å². The van der Waals surface area contributed by atoms with Crippen molar-refractivity contribution in [2.45, 2.75) is 58.4 Å². The van der Waals surface area contributed by atoms with Crippen molar-refractivity contribution in [3.8, 4) is 0 Å². The molecule has 2 heterocycles. The second-order valence-corrected chi connectivity index (χ2v) is 5.77. The van der Waals surface area contributed by atoms with Crippen LogP contribution in [-0.4, -0.2) is 34.9 Å². The second kappa shape index (κ2) is 8.01. The van der Waals surface area contributed by atoms with E-state index in [1.54, 1.807) is 6.20 Å². The zero-order valence-electron chi connectivity index (χ0n) is 13.3. The summed E-state index contributed by atoms with van der Waals surface area (Å²) in [6.45, 7) is 6.15. The summed E-state index contributed by atoms with van der Waals surface area (Å²) in [5.41, 5.74) is 1.56. The third-order valence-corrected chi connectivity index (χ3v) is 4.20. The Labute approximate surface area is 127 Å². The van der Waals surface area contributed by atoms with Gasteiger partial charge >= 0.3 is 0 Å². The van der Waals surface area contributed by atoms with Crippen LogP contribution >= 0.6 is 0 Å². The Morgan fingerprint density at radius 2 is 2.24 bits per heavy atom. The summed E-state index contributed by atoms with van der Waals surface area (Å²) in [4.78, 5) is 18.9. The number of carbonyl (C=O) groups excluding carboxylic acids is 1. The Morgan fingerprint density at radius 1 is 1.38 bits per heavy atom. The molecule has 21 heavy (non-hydrogen) atoms. The van der Waals surface area contributed by atoms with E-state index in [1.807, 2.05) is 17.0 Å². The smallest absolute Gasteiger partial charge is 0.272 e. The second-order valence-electron chi connectivity index (χ2n) is 5.77. The molecule has 0 aromatic carbocycles. The van der Waals surface area contributed by atoms with Gasteiger partial charge in [0.15, 0.2) is 0 Å². The van der Waals surface area contributed by atoms with Crippen molar-refractivity contribution in [3.63, 3.8) is 0 Å². The van der Waals surface area contributed by atoms with E-state index in [-0.39, 0.29) is 5.91 Å². The maximum absolute atomic E-state index is 12.6. The summed E-state index contributed by atoms with van der Waals surface area (Å²) in [7, 11) is 0. The number of hydrogen-bond acceptors (Lipinski definition) is 3. The number of nitrogens with zero attached hydrogens (tertiary/aromatic N) is 2. The Kier molecular flexibility index (Phi) is 6.03. The summed E-state index contributed by atoms with van der Waals surface area (Å²) < 4.78 is 0. The number of likely N-dealkylation sites (tertiary alicyclic amines) is 1. The Balaban J connectivity index is 1.98. The monoisotopic (exact) mass is 289 g/mol. The number of rotatable bonds is 6.